The van der Waals surface area contributed by atoms with Gasteiger partial charge in [-0.3, -0.25) is 4.79 Å². The molecule has 0 atom stereocenters. The van der Waals surface area contributed by atoms with Gasteiger partial charge < -0.3 is 15.0 Å². The zero-order chi connectivity index (χ0) is 17.8. The molecule has 2 heterocycles. The van der Waals surface area contributed by atoms with Crippen LogP contribution < -0.4 is 5.32 Å². The lowest BCUT2D eigenvalue weighted by Crippen LogP contribution is -2.25. The van der Waals surface area contributed by atoms with E-state index >= 15 is 0 Å². The van der Waals surface area contributed by atoms with Crippen LogP contribution in [-0.2, 0) is 24.7 Å². The lowest BCUT2D eigenvalue weighted by atomic mass is 10.1. The van der Waals surface area contributed by atoms with Crippen LogP contribution in [0.2, 0.25) is 0 Å². The number of nitrogens with zero attached hydrogens (tertiary/aromatic N) is 2. The van der Waals surface area contributed by atoms with E-state index in [0.29, 0.717) is 30.8 Å². The van der Waals surface area contributed by atoms with Crippen LogP contribution in [-0.4, -0.2) is 33.1 Å². The van der Waals surface area contributed by atoms with Crippen LogP contribution in [0.1, 0.15) is 27.5 Å². The second kappa shape index (κ2) is 7.48. The Morgan fingerprint density at radius 2 is 2.08 bits per heavy atom. The maximum atomic E-state index is 12.0. The molecule has 7 heteroatoms. The third-order valence-electron chi connectivity index (χ3n) is 4.03. The molecule has 0 aliphatic carbocycles. The minimum Gasteiger partial charge on any atom is -0.476 e. The van der Waals surface area contributed by atoms with Crippen LogP contribution in [0.25, 0.3) is 10.9 Å². The lowest BCUT2D eigenvalue weighted by Gasteiger charge is -2.03. The van der Waals surface area contributed by atoms with E-state index in [-0.39, 0.29) is 11.6 Å². The number of carbonyl (C=O) groups excluding carboxylic acids is 1. The van der Waals surface area contributed by atoms with Crippen molar-refractivity contribution in [2.45, 2.75) is 19.3 Å². The maximum absolute atomic E-state index is 12.0. The van der Waals surface area contributed by atoms with E-state index in [1.54, 1.807) is 0 Å². The van der Waals surface area contributed by atoms with Gasteiger partial charge in [0.2, 0.25) is 5.91 Å². The summed E-state index contributed by atoms with van der Waals surface area (Å²) >= 11 is 1.30. The highest BCUT2D eigenvalue weighted by Gasteiger charge is 2.10. The Bertz CT molecular complexity index is 913. The number of carboxylic acid groups (broad SMARTS) is 1. The van der Waals surface area contributed by atoms with Crippen molar-refractivity contribution >= 4 is 34.1 Å². The average Bonchev–Trinajstić information content (AvgIpc) is 3.19. The number of hydrogen-bond acceptors (Lipinski definition) is 4. The van der Waals surface area contributed by atoms with Crippen LogP contribution in [0.5, 0.6) is 0 Å². The highest BCUT2D eigenvalue weighted by molar-refractivity contribution is 7.09. The van der Waals surface area contributed by atoms with Gasteiger partial charge in [0.15, 0.2) is 5.69 Å². The fraction of sp³-hybridized carbons (Fsp3) is 0.278. The number of amides is 1. The SMILES string of the molecule is Cn1cc(CCC(=O)NCCc2nc(C(=O)O)cs2)c2ccccc21. The van der Waals surface area contributed by atoms with Crippen molar-refractivity contribution in [3.05, 3.63) is 52.1 Å². The quantitative estimate of drug-likeness (QED) is 0.681. The second-order valence-electron chi connectivity index (χ2n) is 5.81. The Morgan fingerprint density at radius 1 is 1.28 bits per heavy atom. The van der Waals surface area contributed by atoms with Gasteiger partial charge >= 0.3 is 5.97 Å². The van der Waals surface area contributed by atoms with Crippen molar-refractivity contribution in [1.29, 1.82) is 0 Å². The number of carboxylic acids is 1. The summed E-state index contributed by atoms with van der Waals surface area (Å²) in [6.07, 6.45) is 3.72. The molecule has 1 amide bonds. The maximum Gasteiger partial charge on any atom is 0.355 e. The Morgan fingerprint density at radius 3 is 2.84 bits per heavy atom. The molecule has 0 fully saturated rings. The molecule has 0 unspecified atom stereocenters. The molecule has 0 spiro atoms. The largest absolute Gasteiger partial charge is 0.476 e. The molecule has 2 aromatic heterocycles. The Labute approximate surface area is 149 Å². The zero-order valence-electron chi connectivity index (χ0n) is 13.9. The van der Waals surface area contributed by atoms with Gasteiger partial charge in [0.05, 0.1) is 5.01 Å². The number of benzene rings is 1. The number of thiazole rings is 1. The van der Waals surface area contributed by atoms with Gasteiger partial charge in [-0.2, -0.15) is 0 Å². The molecule has 3 rings (SSSR count). The van der Waals surface area contributed by atoms with E-state index in [1.807, 2.05) is 19.2 Å². The van der Waals surface area contributed by atoms with Crippen LogP contribution in [0.15, 0.2) is 35.8 Å². The summed E-state index contributed by atoms with van der Waals surface area (Å²) in [7, 11) is 2.01. The Balaban J connectivity index is 1.48. The van der Waals surface area contributed by atoms with E-state index in [0.717, 1.165) is 5.52 Å². The molecule has 25 heavy (non-hydrogen) atoms. The number of aryl methyl sites for hydroxylation is 2. The van der Waals surface area contributed by atoms with Gasteiger partial charge in [0.25, 0.3) is 0 Å². The van der Waals surface area contributed by atoms with Crippen LogP contribution in [0, 0.1) is 0 Å². The van der Waals surface area contributed by atoms with Gasteiger partial charge in [-0.05, 0) is 18.1 Å². The second-order valence-corrected chi connectivity index (χ2v) is 6.76. The molecule has 1 aromatic carbocycles. The molecular formula is C18H19N3O3S. The Kier molecular flexibility index (Phi) is 5.14. The summed E-state index contributed by atoms with van der Waals surface area (Å²) in [6.45, 7) is 0.459. The van der Waals surface area contributed by atoms with E-state index in [1.165, 1.54) is 27.7 Å². The first-order valence-electron chi connectivity index (χ1n) is 8.02. The van der Waals surface area contributed by atoms with Gasteiger partial charge in [-0.25, -0.2) is 9.78 Å². The van der Waals surface area contributed by atoms with Gasteiger partial charge in [0, 0.05) is 48.9 Å². The molecule has 0 aliphatic rings. The monoisotopic (exact) mass is 357 g/mol. The topological polar surface area (TPSA) is 84.2 Å². The number of nitrogens with one attached hydrogen (secondary N) is 1. The fourth-order valence-electron chi connectivity index (χ4n) is 2.79. The minimum absolute atomic E-state index is 0.0112. The number of aromatic nitrogens is 2. The summed E-state index contributed by atoms with van der Waals surface area (Å²) in [5, 5.41) is 15.1. The summed E-state index contributed by atoms with van der Waals surface area (Å²) in [5.41, 5.74) is 2.39. The zero-order valence-corrected chi connectivity index (χ0v) is 14.7. The molecule has 130 valence electrons. The fourth-order valence-corrected chi connectivity index (χ4v) is 3.57. The number of hydrogen-bond donors (Lipinski definition) is 2. The predicted octanol–water partition coefficient (Wildman–Crippen LogP) is 2.62. The smallest absolute Gasteiger partial charge is 0.355 e. The highest BCUT2D eigenvalue weighted by atomic mass is 32.1. The first kappa shape index (κ1) is 17.2. The summed E-state index contributed by atoms with van der Waals surface area (Å²) in [6, 6.07) is 8.15. The van der Waals surface area contributed by atoms with Crippen molar-refractivity contribution in [3.8, 4) is 0 Å². The van der Waals surface area contributed by atoms with Crippen LogP contribution >= 0.6 is 11.3 Å². The number of aromatic carboxylic acids is 1. The summed E-state index contributed by atoms with van der Waals surface area (Å²) < 4.78 is 2.07. The summed E-state index contributed by atoms with van der Waals surface area (Å²) in [4.78, 5) is 26.8. The number of carbonyl (C=O) groups is 2. The lowest BCUT2D eigenvalue weighted by molar-refractivity contribution is -0.121. The predicted molar refractivity (Wildman–Crippen MR) is 97.0 cm³/mol. The van der Waals surface area contributed by atoms with E-state index < -0.39 is 5.97 Å². The van der Waals surface area contributed by atoms with Crippen molar-refractivity contribution < 1.29 is 14.7 Å². The molecule has 3 aromatic rings. The molecule has 0 radical (unpaired) electrons. The molecule has 0 aliphatic heterocycles. The van der Waals surface area contributed by atoms with Crippen LogP contribution in [0.4, 0.5) is 0 Å². The van der Waals surface area contributed by atoms with E-state index in [9.17, 15) is 9.59 Å². The first-order chi connectivity index (χ1) is 12.0. The van der Waals surface area contributed by atoms with Crippen molar-refractivity contribution in [3.63, 3.8) is 0 Å². The van der Waals surface area contributed by atoms with Crippen molar-refractivity contribution in [2.75, 3.05) is 6.54 Å². The molecule has 0 bridgehead atoms. The van der Waals surface area contributed by atoms with E-state index in [2.05, 4.69) is 33.2 Å². The highest BCUT2D eigenvalue weighted by Crippen LogP contribution is 2.21. The number of rotatable bonds is 7. The van der Waals surface area contributed by atoms with Gasteiger partial charge in [0.1, 0.15) is 0 Å². The van der Waals surface area contributed by atoms with Crippen molar-refractivity contribution in [2.24, 2.45) is 7.05 Å². The van der Waals surface area contributed by atoms with Gasteiger partial charge in [-0.1, -0.05) is 18.2 Å². The molecular weight excluding hydrogens is 338 g/mol. The van der Waals surface area contributed by atoms with Crippen molar-refractivity contribution in [1.82, 2.24) is 14.9 Å². The summed E-state index contributed by atoms with van der Waals surface area (Å²) in [5.74, 6) is -1.04. The van der Waals surface area contributed by atoms with Crippen LogP contribution in [0.3, 0.4) is 0 Å². The number of fused-ring (bicyclic) bond motifs is 1. The average molecular weight is 357 g/mol. The molecule has 0 saturated heterocycles. The normalized spacial score (nSPS) is 10.9. The van der Waals surface area contributed by atoms with Gasteiger partial charge in [-0.15, -0.1) is 11.3 Å². The Hall–Kier alpha value is -2.67. The molecule has 0 saturated carbocycles. The molecule has 2 N–H and O–H groups in total. The number of para-hydroxylation sites is 1. The third kappa shape index (κ3) is 4.06. The standard InChI is InChI=1S/C18H19N3O3S/c1-21-10-12(13-4-2-3-5-15(13)21)6-7-16(22)19-9-8-17-20-14(11-25-17)18(23)24/h2-5,10-11H,6-9H2,1H3,(H,19,22)(H,23,24). The first-order valence-corrected chi connectivity index (χ1v) is 8.90. The minimum atomic E-state index is -1.03. The molecule has 6 nitrogen and oxygen atoms in total. The third-order valence-corrected chi connectivity index (χ3v) is 4.94. The van der Waals surface area contributed by atoms with E-state index in [4.69, 9.17) is 5.11 Å².